The fraction of sp³-hybridized carbons (Fsp3) is 0.667. The molecule has 17 heavy (non-hydrogen) atoms. The standard InChI is InChI=1S/C12H21N5/c1-7-4-8(2)9(3)17(6-7)11-5-10(13)15-12(14)16-11/h5,7-9H,4,6H2,1-3H3,(H4,13,14,15,16). The Balaban J connectivity index is 2.30. The maximum absolute atomic E-state index is 5.72. The summed E-state index contributed by atoms with van der Waals surface area (Å²) < 4.78 is 0. The van der Waals surface area contributed by atoms with Crippen molar-refractivity contribution in [2.24, 2.45) is 11.8 Å². The minimum absolute atomic E-state index is 0.248. The summed E-state index contributed by atoms with van der Waals surface area (Å²) in [6, 6.07) is 2.26. The van der Waals surface area contributed by atoms with Crippen LogP contribution in [-0.2, 0) is 0 Å². The number of aromatic nitrogens is 2. The van der Waals surface area contributed by atoms with Gasteiger partial charge in [0.1, 0.15) is 11.6 Å². The van der Waals surface area contributed by atoms with E-state index in [1.54, 1.807) is 6.07 Å². The van der Waals surface area contributed by atoms with Crippen molar-refractivity contribution in [1.82, 2.24) is 9.97 Å². The number of hydrogen-bond acceptors (Lipinski definition) is 5. The third kappa shape index (κ3) is 2.43. The Kier molecular flexibility index (Phi) is 3.09. The van der Waals surface area contributed by atoms with E-state index in [4.69, 9.17) is 11.5 Å². The molecule has 3 unspecified atom stereocenters. The Labute approximate surface area is 102 Å². The largest absolute Gasteiger partial charge is 0.383 e. The number of anilines is 3. The SMILES string of the molecule is CC1CC(C)C(C)N(c2cc(N)nc(N)n2)C1. The molecule has 2 rings (SSSR count). The van der Waals surface area contributed by atoms with E-state index in [-0.39, 0.29) is 5.95 Å². The van der Waals surface area contributed by atoms with E-state index in [2.05, 4.69) is 35.6 Å². The Morgan fingerprint density at radius 1 is 1.24 bits per heavy atom. The lowest BCUT2D eigenvalue weighted by Crippen LogP contribution is -2.46. The van der Waals surface area contributed by atoms with Crippen LogP contribution in [0.1, 0.15) is 27.2 Å². The van der Waals surface area contributed by atoms with Crippen molar-refractivity contribution in [3.63, 3.8) is 0 Å². The molecule has 5 heteroatoms. The Morgan fingerprint density at radius 3 is 2.59 bits per heavy atom. The van der Waals surface area contributed by atoms with Gasteiger partial charge in [-0.25, -0.2) is 0 Å². The average Bonchev–Trinajstić information content (AvgIpc) is 2.22. The summed E-state index contributed by atoms with van der Waals surface area (Å²) >= 11 is 0. The Hall–Kier alpha value is -1.52. The molecule has 5 nitrogen and oxygen atoms in total. The van der Waals surface area contributed by atoms with Gasteiger partial charge in [0.25, 0.3) is 0 Å². The molecule has 1 aromatic rings. The molecule has 0 saturated carbocycles. The van der Waals surface area contributed by atoms with Crippen molar-refractivity contribution >= 4 is 17.6 Å². The van der Waals surface area contributed by atoms with Gasteiger partial charge in [0.15, 0.2) is 0 Å². The molecule has 0 aromatic carbocycles. The first kappa shape index (κ1) is 12.0. The van der Waals surface area contributed by atoms with Crippen LogP contribution in [0.15, 0.2) is 6.07 Å². The van der Waals surface area contributed by atoms with Crippen LogP contribution in [-0.4, -0.2) is 22.6 Å². The molecule has 0 amide bonds. The van der Waals surface area contributed by atoms with E-state index < -0.39 is 0 Å². The van der Waals surface area contributed by atoms with E-state index in [0.717, 1.165) is 12.4 Å². The van der Waals surface area contributed by atoms with E-state index in [0.29, 0.717) is 23.7 Å². The number of nitrogens with two attached hydrogens (primary N) is 2. The molecule has 0 bridgehead atoms. The third-order valence-electron chi connectivity index (χ3n) is 3.64. The van der Waals surface area contributed by atoms with Gasteiger partial charge in [0.2, 0.25) is 5.95 Å². The van der Waals surface area contributed by atoms with Crippen LogP contribution in [0.25, 0.3) is 0 Å². The highest BCUT2D eigenvalue weighted by atomic mass is 15.2. The number of nitrogen functional groups attached to an aromatic ring is 2. The molecule has 2 heterocycles. The zero-order valence-electron chi connectivity index (χ0n) is 10.7. The summed E-state index contributed by atoms with van der Waals surface area (Å²) in [6.45, 7) is 7.77. The number of hydrogen-bond donors (Lipinski definition) is 2. The van der Waals surface area contributed by atoms with Gasteiger partial charge in [-0.15, -0.1) is 0 Å². The minimum atomic E-state index is 0.248. The zero-order valence-corrected chi connectivity index (χ0v) is 10.7. The molecule has 0 radical (unpaired) electrons. The molecule has 0 aliphatic carbocycles. The maximum Gasteiger partial charge on any atom is 0.223 e. The van der Waals surface area contributed by atoms with Gasteiger partial charge in [0, 0.05) is 18.7 Å². The van der Waals surface area contributed by atoms with Gasteiger partial charge in [-0.2, -0.15) is 9.97 Å². The van der Waals surface area contributed by atoms with Crippen LogP contribution >= 0.6 is 0 Å². The van der Waals surface area contributed by atoms with Gasteiger partial charge < -0.3 is 16.4 Å². The summed E-state index contributed by atoms with van der Waals surface area (Å²) in [5.74, 6) is 2.85. The molecule has 4 N–H and O–H groups in total. The van der Waals surface area contributed by atoms with Gasteiger partial charge in [0.05, 0.1) is 0 Å². The maximum atomic E-state index is 5.72. The van der Waals surface area contributed by atoms with E-state index >= 15 is 0 Å². The highest BCUT2D eigenvalue weighted by Gasteiger charge is 2.29. The van der Waals surface area contributed by atoms with Crippen molar-refractivity contribution in [1.29, 1.82) is 0 Å². The van der Waals surface area contributed by atoms with Crippen LogP contribution in [0.3, 0.4) is 0 Å². The number of nitrogens with zero attached hydrogens (tertiary/aromatic N) is 3. The normalized spacial score (nSPS) is 29.4. The predicted molar refractivity (Wildman–Crippen MR) is 70.6 cm³/mol. The number of rotatable bonds is 1. The summed E-state index contributed by atoms with van der Waals surface area (Å²) in [7, 11) is 0. The van der Waals surface area contributed by atoms with E-state index in [1.165, 1.54) is 6.42 Å². The Bertz CT molecular complexity index is 386. The van der Waals surface area contributed by atoms with Crippen molar-refractivity contribution in [2.75, 3.05) is 22.9 Å². The lowest BCUT2D eigenvalue weighted by molar-refractivity contribution is 0.295. The highest BCUT2D eigenvalue weighted by molar-refractivity contribution is 5.51. The molecule has 3 atom stereocenters. The number of piperidine rings is 1. The summed E-state index contributed by atoms with van der Waals surface area (Å²) in [4.78, 5) is 10.5. The van der Waals surface area contributed by atoms with Crippen LogP contribution in [0.2, 0.25) is 0 Å². The van der Waals surface area contributed by atoms with Crippen molar-refractivity contribution in [2.45, 2.75) is 33.2 Å². The molecular weight excluding hydrogens is 214 g/mol. The van der Waals surface area contributed by atoms with Gasteiger partial charge in [-0.05, 0) is 25.2 Å². The molecule has 1 fully saturated rings. The second-order valence-corrected chi connectivity index (χ2v) is 5.22. The highest BCUT2D eigenvalue weighted by Crippen LogP contribution is 2.30. The second kappa shape index (κ2) is 4.39. The first-order valence-corrected chi connectivity index (χ1v) is 6.14. The molecule has 0 spiro atoms. The molecule has 94 valence electrons. The summed E-state index contributed by atoms with van der Waals surface area (Å²) in [6.07, 6.45) is 1.26. The van der Waals surface area contributed by atoms with Crippen LogP contribution in [0.4, 0.5) is 17.6 Å². The van der Waals surface area contributed by atoms with Gasteiger partial charge >= 0.3 is 0 Å². The van der Waals surface area contributed by atoms with E-state index in [9.17, 15) is 0 Å². The summed E-state index contributed by atoms with van der Waals surface area (Å²) in [5, 5.41) is 0. The molecule has 1 aliphatic heterocycles. The topological polar surface area (TPSA) is 81.1 Å². The van der Waals surface area contributed by atoms with E-state index in [1.807, 2.05) is 0 Å². The smallest absolute Gasteiger partial charge is 0.223 e. The van der Waals surface area contributed by atoms with Gasteiger partial charge in [-0.1, -0.05) is 13.8 Å². The molecular formula is C12H21N5. The summed E-state index contributed by atoms with van der Waals surface area (Å²) in [5.41, 5.74) is 11.4. The third-order valence-corrected chi connectivity index (χ3v) is 3.64. The minimum Gasteiger partial charge on any atom is -0.383 e. The quantitative estimate of drug-likeness (QED) is 0.771. The first-order chi connectivity index (χ1) is 7.97. The molecule has 1 saturated heterocycles. The average molecular weight is 235 g/mol. The predicted octanol–water partition coefficient (Wildman–Crippen LogP) is 1.51. The van der Waals surface area contributed by atoms with Crippen LogP contribution in [0.5, 0.6) is 0 Å². The zero-order chi connectivity index (χ0) is 12.6. The van der Waals surface area contributed by atoms with Gasteiger partial charge in [-0.3, -0.25) is 0 Å². The van der Waals surface area contributed by atoms with Crippen molar-refractivity contribution in [3.05, 3.63) is 6.07 Å². The monoisotopic (exact) mass is 235 g/mol. The molecule has 1 aliphatic rings. The fourth-order valence-corrected chi connectivity index (χ4v) is 2.64. The lowest BCUT2D eigenvalue weighted by atomic mass is 9.86. The van der Waals surface area contributed by atoms with Crippen LogP contribution in [0, 0.1) is 11.8 Å². The molecule has 1 aromatic heterocycles. The van der Waals surface area contributed by atoms with Crippen molar-refractivity contribution < 1.29 is 0 Å². The lowest BCUT2D eigenvalue weighted by Gasteiger charge is -2.41. The Morgan fingerprint density at radius 2 is 1.94 bits per heavy atom. The second-order valence-electron chi connectivity index (χ2n) is 5.22. The first-order valence-electron chi connectivity index (χ1n) is 6.14. The van der Waals surface area contributed by atoms with Crippen molar-refractivity contribution in [3.8, 4) is 0 Å². The fourth-order valence-electron chi connectivity index (χ4n) is 2.64. The van der Waals surface area contributed by atoms with Crippen LogP contribution < -0.4 is 16.4 Å².